The monoisotopic (exact) mass is 229 g/mol. The number of rotatable bonds is 5. The average molecular weight is 229 g/mol. The second-order valence-electron chi connectivity index (χ2n) is 5.63. The van der Waals surface area contributed by atoms with Crippen molar-refractivity contribution in [2.24, 2.45) is 0 Å². The van der Waals surface area contributed by atoms with Gasteiger partial charge in [0, 0.05) is 40.9 Å². The zero-order chi connectivity index (χ0) is 11.3. The third-order valence-corrected chi connectivity index (χ3v) is 4.44. The Morgan fingerprint density at radius 1 is 1.13 bits per heavy atom. The van der Waals surface area contributed by atoms with Gasteiger partial charge in [-0.2, -0.15) is 0 Å². The number of piperazine rings is 1. The first kappa shape index (κ1) is 13.2. The van der Waals surface area contributed by atoms with E-state index >= 15 is 0 Å². The number of hydrogen-bond acceptors (Lipinski definition) is 3. The van der Waals surface area contributed by atoms with Gasteiger partial charge in [-0.3, -0.25) is 4.90 Å². The summed E-state index contributed by atoms with van der Waals surface area (Å²) in [6.45, 7) is 14.5. The van der Waals surface area contributed by atoms with E-state index in [0.717, 1.165) is 32.8 Å². The highest BCUT2D eigenvalue weighted by molar-refractivity contribution is 6.76. The number of nitrogens with zero attached hydrogens (tertiary/aromatic N) is 2. The minimum absolute atomic E-state index is 0.891. The van der Waals surface area contributed by atoms with Crippen LogP contribution in [0, 0.1) is 6.73 Å². The van der Waals surface area contributed by atoms with Crippen molar-refractivity contribution in [2.75, 3.05) is 39.8 Å². The molecule has 0 aromatic heterocycles. The van der Waals surface area contributed by atoms with Gasteiger partial charge in [-0.1, -0.05) is 19.6 Å². The molecule has 15 heavy (non-hydrogen) atoms. The van der Waals surface area contributed by atoms with Gasteiger partial charge in [0.1, 0.15) is 0 Å². The van der Waals surface area contributed by atoms with Crippen molar-refractivity contribution < 1.29 is 4.74 Å². The molecule has 0 saturated carbocycles. The minimum atomic E-state index is -0.927. The van der Waals surface area contributed by atoms with E-state index in [-0.39, 0.29) is 0 Å². The Morgan fingerprint density at radius 2 is 1.73 bits per heavy atom. The number of likely N-dealkylation sites (N-methyl/N-ethyl adjacent to an activating group) is 1. The summed E-state index contributed by atoms with van der Waals surface area (Å²) >= 11 is 0. The summed E-state index contributed by atoms with van der Waals surface area (Å²) in [7, 11) is 1.24. The lowest BCUT2D eigenvalue weighted by atomic mass is 10.3. The zero-order valence-electron chi connectivity index (χ0n) is 10.6. The van der Waals surface area contributed by atoms with E-state index in [1.54, 1.807) is 0 Å². The van der Waals surface area contributed by atoms with Crippen molar-refractivity contribution in [3.63, 3.8) is 0 Å². The van der Waals surface area contributed by atoms with Crippen LogP contribution < -0.4 is 0 Å². The van der Waals surface area contributed by atoms with Crippen molar-refractivity contribution in [3.05, 3.63) is 6.73 Å². The molecule has 89 valence electrons. The quantitative estimate of drug-likeness (QED) is 0.527. The molecule has 1 radical (unpaired) electrons. The highest BCUT2D eigenvalue weighted by Gasteiger charge is 2.15. The molecular formula is C11H25N2OSi. The van der Waals surface area contributed by atoms with E-state index in [0.29, 0.717) is 0 Å². The third kappa shape index (κ3) is 6.30. The summed E-state index contributed by atoms with van der Waals surface area (Å²) in [5.41, 5.74) is 0. The summed E-state index contributed by atoms with van der Waals surface area (Å²) in [5, 5.41) is 0. The first-order valence-electron chi connectivity index (χ1n) is 5.85. The Balaban J connectivity index is 2.01. The molecule has 1 rings (SSSR count). The fourth-order valence-corrected chi connectivity index (χ4v) is 2.18. The molecule has 0 amide bonds. The highest BCUT2D eigenvalue weighted by Crippen LogP contribution is 2.09. The van der Waals surface area contributed by atoms with Crippen LogP contribution in [0.4, 0.5) is 0 Å². The van der Waals surface area contributed by atoms with Gasteiger partial charge in [0.2, 0.25) is 0 Å². The van der Waals surface area contributed by atoms with Crippen LogP contribution in [0.1, 0.15) is 0 Å². The Kier molecular flexibility index (Phi) is 5.25. The van der Waals surface area contributed by atoms with Crippen molar-refractivity contribution in [1.82, 2.24) is 9.80 Å². The molecule has 3 nitrogen and oxygen atoms in total. The molecule has 1 aliphatic rings. The normalized spacial score (nSPS) is 20.8. The Morgan fingerprint density at radius 3 is 2.27 bits per heavy atom. The lowest BCUT2D eigenvalue weighted by Gasteiger charge is -2.31. The van der Waals surface area contributed by atoms with Gasteiger partial charge in [0.05, 0.1) is 0 Å². The van der Waals surface area contributed by atoms with E-state index in [9.17, 15) is 0 Å². The maximum atomic E-state index is 5.60. The molecule has 0 N–H and O–H groups in total. The molecule has 0 aromatic rings. The van der Waals surface area contributed by atoms with E-state index in [4.69, 9.17) is 4.74 Å². The molecule has 0 aromatic carbocycles. The van der Waals surface area contributed by atoms with Crippen LogP contribution in [0.2, 0.25) is 25.7 Å². The zero-order valence-corrected chi connectivity index (χ0v) is 11.6. The van der Waals surface area contributed by atoms with Crippen molar-refractivity contribution in [1.29, 1.82) is 0 Å². The van der Waals surface area contributed by atoms with E-state index in [1.165, 1.54) is 6.04 Å². The predicted octanol–water partition coefficient (Wildman–Crippen LogP) is 1.71. The van der Waals surface area contributed by atoms with Gasteiger partial charge in [-0.15, -0.1) is 0 Å². The SMILES string of the molecule is CN1CCN([CH]OCC[Si](C)(C)C)CC1. The van der Waals surface area contributed by atoms with Crippen LogP contribution in [-0.2, 0) is 4.74 Å². The fraction of sp³-hybridized carbons (Fsp3) is 0.909. The van der Waals surface area contributed by atoms with Crippen LogP contribution in [0.15, 0.2) is 0 Å². The highest BCUT2D eigenvalue weighted by atomic mass is 28.3. The first-order valence-corrected chi connectivity index (χ1v) is 9.56. The first-order chi connectivity index (χ1) is 6.97. The molecule has 1 fully saturated rings. The van der Waals surface area contributed by atoms with Gasteiger partial charge in [0.25, 0.3) is 0 Å². The lowest BCUT2D eigenvalue weighted by molar-refractivity contribution is 0.0727. The molecule has 0 atom stereocenters. The van der Waals surface area contributed by atoms with Crippen LogP contribution in [-0.4, -0.2) is 57.7 Å². The molecule has 4 heteroatoms. The van der Waals surface area contributed by atoms with E-state index < -0.39 is 8.07 Å². The van der Waals surface area contributed by atoms with Gasteiger partial charge < -0.3 is 9.64 Å². The molecule has 1 aliphatic heterocycles. The third-order valence-electron chi connectivity index (χ3n) is 2.73. The summed E-state index contributed by atoms with van der Waals surface area (Å²) < 4.78 is 5.60. The maximum absolute atomic E-state index is 5.60. The maximum Gasteiger partial charge on any atom is 0.150 e. The molecule has 0 unspecified atom stereocenters. The van der Waals surface area contributed by atoms with Gasteiger partial charge >= 0.3 is 0 Å². The van der Waals surface area contributed by atoms with Gasteiger partial charge in [-0.05, 0) is 13.1 Å². The topological polar surface area (TPSA) is 15.7 Å². The van der Waals surface area contributed by atoms with E-state index in [2.05, 4.69) is 36.5 Å². The smallest absolute Gasteiger partial charge is 0.150 e. The summed E-state index contributed by atoms with van der Waals surface area (Å²) in [5.74, 6) is 0. The molecule has 1 saturated heterocycles. The fourth-order valence-electron chi connectivity index (χ4n) is 1.45. The van der Waals surface area contributed by atoms with Crippen molar-refractivity contribution in [2.45, 2.75) is 25.7 Å². The van der Waals surface area contributed by atoms with Crippen LogP contribution in [0.3, 0.4) is 0 Å². The Labute approximate surface area is 95.4 Å². The second kappa shape index (κ2) is 5.99. The van der Waals surface area contributed by atoms with E-state index in [1.807, 2.05) is 6.73 Å². The summed E-state index contributed by atoms with van der Waals surface area (Å²) in [6.07, 6.45) is 0. The molecule has 1 heterocycles. The van der Waals surface area contributed by atoms with Gasteiger partial charge in [-0.25, -0.2) is 0 Å². The number of hydrogen-bond donors (Lipinski definition) is 0. The Hall–Kier alpha value is 0.0969. The van der Waals surface area contributed by atoms with Crippen LogP contribution in [0.25, 0.3) is 0 Å². The van der Waals surface area contributed by atoms with Crippen LogP contribution in [0.5, 0.6) is 0 Å². The Bertz CT molecular complexity index is 174. The van der Waals surface area contributed by atoms with Crippen molar-refractivity contribution >= 4 is 8.07 Å². The lowest BCUT2D eigenvalue weighted by Crippen LogP contribution is -2.43. The standard InChI is InChI=1S/C11H25N2OSi/c1-12-5-7-13(8-6-12)11-14-9-10-15(2,3)4/h11H,5-10H2,1-4H3. The molecule has 0 bridgehead atoms. The predicted molar refractivity (Wildman–Crippen MR) is 67.5 cm³/mol. The largest absolute Gasteiger partial charge is 0.359 e. The molecule has 0 spiro atoms. The summed E-state index contributed by atoms with van der Waals surface area (Å²) in [4.78, 5) is 4.64. The molecular weight excluding hydrogens is 204 g/mol. The summed E-state index contributed by atoms with van der Waals surface area (Å²) in [6, 6.07) is 1.25. The molecule has 0 aliphatic carbocycles. The second-order valence-corrected chi connectivity index (χ2v) is 11.2. The number of ether oxygens (including phenoxy) is 1. The minimum Gasteiger partial charge on any atom is -0.359 e. The van der Waals surface area contributed by atoms with Gasteiger partial charge in [0.15, 0.2) is 6.73 Å². The van der Waals surface area contributed by atoms with Crippen LogP contribution >= 0.6 is 0 Å². The van der Waals surface area contributed by atoms with Crippen molar-refractivity contribution in [3.8, 4) is 0 Å². The average Bonchev–Trinajstić information content (AvgIpc) is 2.14.